The molecule has 0 spiro atoms. The van der Waals surface area contributed by atoms with Crippen LogP contribution in [0.2, 0.25) is 0 Å². The van der Waals surface area contributed by atoms with Crippen LogP contribution in [0.4, 0.5) is 9.18 Å². The van der Waals surface area contributed by atoms with Gasteiger partial charge in [-0.25, -0.2) is 9.18 Å². The van der Waals surface area contributed by atoms with E-state index in [9.17, 15) is 14.0 Å². The molecule has 1 aliphatic carbocycles. The van der Waals surface area contributed by atoms with Crippen LogP contribution in [0.3, 0.4) is 0 Å². The first-order valence-corrected chi connectivity index (χ1v) is 12.2. The Morgan fingerprint density at radius 2 is 2.16 bits per heavy atom. The van der Waals surface area contributed by atoms with Crippen LogP contribution in [-0.4, -0.2) is 54.5 Å². The highest BCUT2D eigenvalue weighted by Gasteiger charge is 2.35. The Kier molecular flexibility index (Phi) is 7.29. The molecule has 0 unspecified atom stereocenters. The first-order valence-electron chi connectivity index (χ1n) is 11.3. The van der Waals surface area contributed by atoms with Gasteiger partial charge in [-0.1, -0.05) is 13.0 Å². The molecule has 0 saturated heterocycles. The van der Waals surface area contributed by atoms with Crippen molar-refractivity contribution >= 4 is 23.3 Å². The van der Waals surface area contributed by atoms with E-state index in [1.165, 1.54) is 17.0 Å². The Balaban J connectivity index is 1.47. The first-order chi connectivity index (χ1) is 15.5. The maximum Gasteiger partial charge on any atom is 0.317 e. The molecule has 1 aromatic heterocycles. The van der Waals surface area contributed by atoms with Crippen LogP contribution in [0.25, 0.3) is 0 Å². The third kappa shape index (κ3) is 5.59. The summed E-state index contributed by atoms with van der Waals surface area (Å²) in [6, 6.07) is 7.64. The number of hydrogen-bond acceptors (Lipinski definition) is 4. The SMILES string of the molecule is CCCNC(=O)N(CC(=O)N1CCc2sccc2[C@@H]1COc1cccc(F)c1)CC1CC1. The fourth-order valence-electron chi connectivity index (χ4n) is 4.04. The van der Waals surface area contributed by atoms with Crippen molar-refractivity contribution in [1.29, 1.82) is 0 Å². The van der Waals surface area contributed by atoms with Crippen molar-refractivity contribution in [2.45, 2.75) is 38.6 Å². The van der Waals surface area contributed by atoms with Gasteiger partial charge >= 0.3 is 6.03 Å². The molecule has 0 bridgehead atoms. The van der Waals surface area contributed by atoms with Crippen molar-refractivity contribution in [3.63, 3.8) is 0 Å². The van der Waals surface area contributed by atoms with Gasteiger partial charge in [-0.15, -0.1) is 11.3 Å². The van der Waals surface area contributed by atoms with Crippen LogP contribution in [0, 0.1) is 11.7 Å². The van der Waals surface area contributed by atoms with Gasteiger partial charge in [0.15, 0.2) is 0 Å². The Bertz CT molecular complexity index is 946. The van der Waals surface area contributed by atoms with Gasteiger partial charge in [-0.3, -0.25) is 4.79 Å². The van der Waals surface area contributed by atoms with Crippen molar-refractivity contribution in [1.82, 2.24) is 15.1 Å². The van der Waals surface area contributed by atoms with E-state index in [1.54, 1.807) is 28.4 Å². The minimum absolute atomic E-state index is 0.0575. The Hall–Kier alpha value is -2.61. The third-order valence-corrected chi connectivity index (χ3v) is 6.93. The molecule has 32 heavy (non-hydrogen) atoms. The van der Waals surface area contributed by atoms with Gasteiger partial charge in [-0.05, 0) is 60.7 Å². The second-order valence-corrected chi connectivity index (χ2v) is 9.48. The number of urea groups is 1. The lowest BCUT2D eigenvalue weighted by molar-refractivity contribution is -0.135. The number of rotatable bonds is 9. The molecule has 2 aliphatic rings. The molecule has 8 heteroatoms. The van der Waals surface area contributed by atoms with E-state index in [0.29, 0.717) is 31.3 Å². The number of carbonyl (C=O) groups excluding carboxylic acids is 2. The van der Waals surface area contributed by atoms with Crippen LogP contribution < -0.4 is 10.1 Å². The summed E-state index contributed by atoms with van der Waals surface area (Å²) >= 11 is 1.68. The summed E-state index contributed by atoms with van der Waals surface area (Å²) in [4.78, 5) is 30.8. The zero-order valence-corrected chi connectivity index (χ0v) is 19.2. The zero-order valence-electron chi connectivity index (χ0n) is 18.4. The highest BCUT2D eigenvalue weighted by molar-refractivity contribution is 7.10. The van der Waals surface area contributed by atoms with Gasteiger partial charge in [0.2, 0.25) is 5.91 Å². The maximum atomic E-state index is 13.6. The molecule has 1 atom stereocenters. The van der Waals surface area contributed by atoms with Crippen molar-refractivity contribution in [2.24, 2.45) is 5.92 Å². The number of nitrogens with one attached hydrogen (secondary N) is 1. The smallest absolute Gasteiger partial charge is 0.317 e. The number of nitrogens with zero attached hydrogens (tertiary/aromatic N) is 2. The average molecular weight is 460 g/mol. The number of amides is 3. The number of ether oxygens (including phenoxy) is 1. The molecule has 2 aromatic rings. The maximum absolute atomic E-state index is 13.6. The molecule has 1 fully saturated rings. The second kappa shape index (κ2) is 10.3. The van der Waals surface area contributed by atoms with E-state index in [1.807, 2.05) is 23.3 Å². The van der Waals surface area contributed by atoms with E-state index in [0.717, 1.165) is 31.2 Å². The lowest BCUT2D eigenvalue weighted by atomic mass is 10.0. The number of carbonyl (C=O) groups is 2. The van der Waals surface area contributed by atoms with E-state index in [2.05, 4.69) is 5.32 Å². The normalized spacial score (nSPS) is 17.6. The molecule has 0 radical (unpaired) electrons. The fourth-order valence-corrected chi connectivity index (χ4v) is 4.96. The molecule has 1 aromatic carbocycles. The summed E-state index contributed by atoms with van der Waals surface area (Å²) in [6.45, 7) is 4.10. The highest BCUT2D eigenvalue weighted by Crippen LogP contribution is 2.34. The quantitative estimate of drug-likeness (QED) is 0.611. The summed E-state index contributed by atoms with van der Waals surface area (Å²) in [7, 11) is 0. The van der Waals surface area contributed by atoms with Gasteiger partial charge < -0.3 is 19.9 Å². The molecule has 1 N–H and O–H groups in total. The number of halogens is 1. The van der Waals surface area contributed by atoms with Crippen molar-refractivity contribution in [3.8, 4) is 5.75 Å². The van der Waals surface area contributed by atoms with Crippen LogP contribution in [0.15, 0.2) is 35.7 Å². The van der Waals surface area contributed by atoms with Gasteiger partial charge in [0, 0.05) is 30.6 Å². The fraction of sp³-hybridized carbons (Fsp3) is 0.500. The molecule has 2 heterocycles. The van der Waals surface area contributed by atoms with Crippen LogP contribution in [0.1, 0.15) is 42.7 Å². The van der Waals surface area contributed by atoms with Crippen molar-refractivity contribution in [2.75, 3.05) is 32.8 Å². The lowest BCUT2D eigenvalue weighted by Crippen LogP contribution is -2.50. The van der Waals surface area contributed by atoms with Gasteiger partial charge in [-0.2, -0.15) is 0 Å². The van der Waals surface area contributed by atoms with Crippen LogP contribution in [-0.2, 0) is 11.2 Å². The molecule has 1 saturated carbocycles. The molecule has 4 rings (SSSR count). The Morgan fingerprint density at radius 1 is 1.31 bits per heavy atom. The molecule has 3 amide bonds. The minimum atomic E-state index is -0.357. The molecule has 172 valence electrons. The third-order valence-electron chi connectivity index (χ3n) is 5.93. The van der Waals surface area contributed by atoms with Crippen molar-refractivity contribution in [3.05, 3.63) is 52.0 Å². The van der Waals surface area contributed by atoms with Crippen molar-refractivity contribution < 1.29 is 18.7 Å². The summed E-state index contributed by atoms with van der Waals surface area (Å²) < 4.78 is 19.4. The monoisotopic (exact) mass is 459 g/mol. The lowest BCUT2D eigenvalue weighted by Gasteiger charge is -2.37. The summed E-state index contributed by atoms with van der Waals surface area (Å²) in [5, 5.41) is 4.94. The van der Waals surface area contributed by atoms with Crippen LogP contribution >= 0.6 is 11.3 Å². The summed E-state index contributed by atoms with van der Waals surface area (Å²) in [5.74, 6) is 0.493. The zero-order chi connectivity index (χ0) is 22.5. The predicted octanol–water partition coefficient (Wildman–Crippen LogP) is 4.22. The first kappa shape index (κ1) is 22.6. The van der Waals surface area contributed by atoms with E-state index in [4.69, 9.17) is 4.74 Å². The second-order valence-electron chi connectivity index (χ2n) is 8.48. The predicted molar refractivity (Wildman–Crippen MR) is 122 cm³/mol. The number of hydrogen-bond donors (Lipinski definition) is 1. The number of benzene rings is 1. The van der Waals surface area contributed by atoms with Gasteiger partial charge in [0.1, 0.15) is 24.7 Å². The summed E-state index contributed by atoms with van der Waals surface area (Å²) in [5.41, 5.74) is 1.08. The summed E-state index contributed by atoms with van der Waals surface area (Å²) in [6.07, 6.45) is 3.86. The van der Waals surface area contributed by atoms with Gasteiger partial charge in [0.05, 0.1) is 6.04 Å². The minimum Gasteiger partial charge on any atom is -0.491 e. The molecule has 6 nitrogen and oxygen atoms in total. The van der Waals surface area contributed by atoms with E-state index in [-0.39, 0.29) is 36.9 Å². The van der Waals surface area contributed by atoms with Crippen LogP contribution in [0.5, 0.6) is 5.75 Å². The number of fused-ring (bicyclic) bond motifs is 1. The topological polar surface area (TPSA) is 61.9 Å². The molecule has 1 aliphatic heterocycles. The standard InChI is InChI=1S/C24H30FN3O3S/c1-2-10-26-24(30)27(14-17-6-7-17)15-23(29)28-11-8-22-20(9-12-32-22)21(28)16-31-19-5-3-4-18(25)13-19/h3-5,9,12-13,17,21H,2,6-8,10-11,14-16H2,1H3,(H,26,30)/t21-/m0/s1. The number of thiophene rings is 1. The molecular weight excluding hydrogens is 429 g/mol. The Labute approximate surface area is 192 Å². The molecular formula is C24H30FN3O3S. The highest BCUT2D eigenvalue weighted by atomic mass is 32.1. The largest absolute Gasteiger partial charge is 0.491 e. The van der Waals surface area contributed by atoms with Gasteiger partial charge in [0.25, 0.3) is 0 Å². The Morgan fingerprint density at radius 3 is 2.91 bits per heavy atom. The average Bonchev–Trinajstić information content (AvgIpc) is 3.47. The van der Waals surface area contributed by atoms with E-state index < -0.39 is 0 Å². The van der Waals surface area contributed by atoms with E-state index >= 15 is 0 Å².